The Morgan fingerprint density at radius 1 is 1.04 bits per heavy atom. The summed E-state index contributed by atoms with van der Waals surface area (Å²) in [7, 11) is 1.62. The van der Waals surface area contributed by atoms with Crippen LogP contribution in [0, 0.1) is 25.7 Å². The van der Waals surface area contributed by atoms with Crippen LogP contribution in [0.15, 0.2) is 18.2 Å². The minimum absolute atomic E-state index is 0.00497. The first kappa shape index (κ1) is 18.5. The van der Waals surface area contributed by atoms with Crippen molar-refractivity contribution in [2.75, 3.05) is 25.6 Å². The number of hydrogen-bond acceptors (Lipinski definition) is 3. The zero-order chi connectivity index (χ0) is 17.5. The van der Waals surface area contributed by atoms with Crippen molar-refractivity contribution in [3.63, 3.8) is 0 Å². The van der Waals surface area contributed by atoms with Gasteiger partial charge in [-0.1, -0.05) is 6.07 Å². The van der Waals surface area contributed by atoms with Gasteiger partial charge in [-0.25, -0.2) is 0 Å². The topological polar surface area (TPSA) is 67.4 Å². The van der Waals surface area contributed by atoms with Crippen LogP contribution in [0.4, 0.5) is 5.69 Å². The van der Waals surface area contributed by atoms with Crippen LogP contribution in [-0.4, -0.2) is 32.1 Å². The van der Waals surface area contributed by atoms with Gasteiger partial charge in [-0.15, -0.1) is 0 Å². The lowest BCUT2D eigenvalue weighted by molar-refractivity contribution is -0.128. The third-order valence-corrected chi connectivity index (χ3v) is 4.85. The average molecular weight is 332 g/mol. The van der Waals surface area contributed by atoms with Gasteiger partial charge in [-0.2, -0.15) is 0 Å². The largest absolute Gasteiger partial charge is 0.383 e. The standard InChI is InChI=1S/C19H28N2O3/c1-13-4-9-17(12-14(13)2)21-19(23)16-7-5-15(6-8-16)18(22)20-10-11-24-3/h4,9,12,15-16H,5-8,10-11H2,1-3H3,(H,20,22)(H,21,23). The van der Waals surface area contributed by atoms with Gasteiger partial charge in [-0.05, 0) is 62.8 Å². The van der Waals surface area contributed by atoms with Crippen molar-refractivity contribution >= 4 is 17.5 Å². The van der Waals surface area contributed by atoms with Gasteiger partial charge in [0.2, 0.25) is 11.8 Å². The van der Waals surface area contributed by atoms with Gasteiger partial charge in [0.05, 0.1) is 6.61 Å². The molecule has 0 aromatic heterocycles. The van der Waals surface area contributed by atoms with E-state index in [1.807, 2.05) is 25.1 Å². The lowest BCUT2D eigenvalue weighted by atomic mass is 9.81. The number of carbonyl (C=O) groups excluding carboxylic acids is 2. The monoisotopic (exact) mass is 332 g/mol. The van der Waals surface area contributed by atoms with Gasteiger partial charge in [-0.3, -0.25) is 9.59 Å². The van der Waals surface area contributed by atoms with Crippen LogP contribution in [0.25, 0.3) is 0 Å². The van der Waals surface area contributed by atoms with Crippen LogP contribution >= 0.6 is 0 Å². The number of anilines is 1. The summed E-state index contributed by atoms with van der Waals surface area (Å²) in [6.07, 6.45) is 3.06. The van der Waals surface area contributed by atoms with Crippen molar-refractivity contribution in [1.29, 1.82) is 0 Å². The molecule has 0 radical (unpaired) electrons. The Morgan fingerprint density at radius 2 is 1.67 bits per heavy atom. The first-order valence-electron chi connectivity index (χ1n) is 8.66. The van der Waals surface area contributed by atoms with Crippen molar-refractivity contribution in [1.82, 2.24) is 5.32 Å². The highest BCUT2D eigenvalue weighted by atomic mass is 16.5. The average Bonchev–Trinajstić information content (AvgIpc) is 2.58. The van der Waals surface area contributed by atoms with Crippen LogP contribution < -0.4 is 10.6 Å². The molecule has 2 rings (SSSR count). The van der Waals surface area contributed by atoms with Gasteiger partial charge >= 0.3 is 0 Å². The molecule has 1 aromatic carbocycles. The van der Waals surface area contributed by atoms with E-state index in [0.29, 0.717) is 13.2 Å². The lowest BCUT2D eigenvalue weighted by Crippen LogP contribution is -2.36. The normalized spacial score (nSPS) is 20.5. The van der Waals surface area contributed by atoms with E-state index in [2.05, 4.69) is 17.6 Å². The Labute approximate surface area is 144 Å². The summed E-state index contributed by atoms with van der Waals surface area (Å²) < 4.78 is 4.93. The molecule has 2 amide bonds. The molecule has 0 aliphatic heterocycles. The van der Waals surface area contributed by atoms with E-state index in [1.165, 1.54) is 11.1 Å². The maximum atomic E-state index is 12.4. The van der Waals surface area contributed by atoms with E-state index in [4.69, 9.17) is 4.74 Å². The van der Waals surface area contributed by atoms with Crippen molar-refractivity contribution in [2.45, 2.75) is 39.5 Å². The molecule has 1 aliphatic rings. The number of methoxy groups -OCH3 is 1. The third-order valence-electron chi connectivity index (χ3n) is 4.85. The van der Waals surface area contributed by atoms with Gasteiger partial charge in [0, 0.05) is 31.2 Å². The highest BCUT2D eigenvalue weighted by Crippen LogP contribution is 2.30. The SMILES string of the molecule is COCCNC(=O)C1CCC(C(=O)Nc2ccc(C)c(C)c2)CC1. The van der Waals surface area contributed by atoms with Crippen LogP contribution in [0.5, 0.6) is 0 Å². The van der Waals surface area contributed by atoms with E-state index in [9.17, 15) is 9.59 Å². The number of ether oxygens (including phenoxy) is 1. The third kappa shape index (κ3) is 5.06. The van der Waals surface area contributed by atoms with Gasteiger partial charge < -0.3 is 15.4 Å². The summed E-state index contributed by atoms with van der Waals surface area (Å²) in [5.41, 5.74) is 3.24. The predicted octanol–water partition coefficient (Wildman–Crippen LogP) is 2.81. The smallest absolute Gasteiger partial charge is 0.227 e. The molecule has 5 nitrogen and oxygen atoms in total. The Balaban J connectivity index is 1.79. The van der Waals surface area contributed by atoms with Crippen molar-refractivity contribution in [2.24, 2.45) is 11.8 Å². The fraction of sp³-hybridized carbons (Fsp3) is 0.579. The minimum Gasteiger partial charge on any atom is -0.383 e. The second kappa shape index (κ2) is 8.83. The van der Waals surface area contributed by atoms with Gasteiger partial charge in [0.25, 0.3) is 0 Å². The lowest BCUT2D eigenvalue weighted by Gasteiger charge is -2.27. The molecule has 0 unspecified atom stereocenters. The number of carbonyl (C=O) groups is 2. The predicted molar refractivity (Wildman–Crippen MR) is 94.9 cm³/mol. The molecule has 0 spiro atoms. The molecule has 5 heteroatoms. The molecular weight excluding hydrogens is 304 g/mol. The fourth-order valence-electron chi connectivity index (χ4n) is 3.10. The highest BCUT2D eigenvalue weighted by Gasteiger charge is 2.29. The Bertz CT molecular complexity index is 578. The first-order valence-corrected chi connectivity index (χ1v) is 8.66. The van der Waals surface area contributed by atoms with E-state index in [1.54, 1.807) is 7.11 Å². The number of aryl methyl sites for hydroxylation is 2. The quantitative estimate of drug-likeness (QED) is 0.787. The molecule has 2 N–H and O–H groups in total. The number of nitrogens with one attached hydrogen (secondary N) is 2. The van der Waals surface area contributed by atoms with E-state index in [-0.39, 0.29) is 23.7 Å². The van der Waals surface area contributed by atoms with Crippen molar-refractivity contribution in [3.8, 4) is 0 Å². The molecule has 1 saturated carbocycles. The highest BCUT2D eigenvalue weighted by molar-refractivity contribution is 5.93. The van der Waals surface area contributed by atoms with Crippen LogP contribution in [0.2, 0.25) is 0 Å². The Morgan fingerprint density at radius 3 is 2.25 bits per heavy atom. The Kier molecular flexibility index (Phi) is 6.79. The summed E-state index contributed by atoms with van der Waals surface area (Å²) in [5, 5.41) is 5.89. The van der Waals surface area contributed by atoms with Crippen LogP contribution in [0.1, 0.15) is 36.8 Å². The zero-order valence-corrected chi connectivity index (χ0v) is 14.9. The zero-order valence-electron chi connectivity index (χ0n) is 14.9. The van der Waals surface area contributed by atoms with E-state index in [0.717, 1.165) is 31.4 Å². The fourth-order valence-corrected chi connectivity index (χ4v) is 3.10. The second-order valence-electron chi connectivity index (χ2n) is 6.62. The summed E-state index contributed by atoms with van der Waals surface area (Å²) in [6.45, 7) is 5.17. The van der Waals surface area contributed by atoms with Gasteiger partial charge in [0.15, 0.2) is 0 Å². The molecule has 0 saturated heterocycles. The van der Waals surface area contributed by atoms with Gasteiger partial charge in [0.1, 0.15) is 0 Å². The van der Waals surface area contributed by atoms with E-state index < -0.39 is 0 Å². The number of amides is 2. The Hall–Kier alpha value is -1.88. The molecule has 1 aromatic rings. The van der Waals surface area contributed by atoms with Crippen molar-refractivity contribution < 1.29 is 14.3 Å². The molecule has 24 heavy (non-hydrogen) atoms. The van der Waals surface area contributed by atoms with E-state index >= 15 is 0 Å². The second-order valence-corrected chi connectivity index (χ2v) is 6.62. The molecule has 0 atom stereocenters. The maximum Gasteiger partial charge on any atom is 0.227 e. The van der Waals surface area contributed by atoms with Crippen LogP contribution in [0.3, 0.4) is 0 Å². The minimum atomic E-state index is -0.00497. The molecule has 132 valence electrons. The maximum absolute atomic E-state index is 12.4. The molecule has 0 bridgehead atoms. The summed E-state index contributed by atoms with van der Waals surface area (Å²) in [6, 6.07) is 5.96. The number of rotatable bonds is 6. The summed E-state index contributed by atoms with van der Waals surface area (Å²) in [5.74, 6) is 0.165. The molecule has 1 fully saturated rings. The summed E-state index contributed by atoms with van der Waals surface area (Å²) >= 11 is 0. The van der Waals surface area contributed by atoms with Crippen molar-refractivity contribution in [3.05, 3.63) is 29.3 Å². The van der Waals surface area contributed by atoms with Crippen LogP contribution in [-0.2, 0) is 14.3 Å². The first-order chi connectivity index (χ1) is 11.5. The molecule has 1 aliphatic carbocycles. The molecule has 0 heterocycles. The number of hydrogen-bond donors (Lipinski definition) is 2. The molecular formula is C19H28N2O3. The number of benzene rings is 1. The summed E-state index contributed by atoms with van der Waals surface area (Å²) in [4.78, 5) is 24.5.